The van der Waals surface area contributed by atoms with Gasteiger partial charge in [0.15, 0.2) is 5.13 Å². The van der Waals surface area contributed by atoms with Crippen molar-refractivity contribution in [1.82, 2.24) is 13.9 Å². The molecule has 0 saturated carbocycles. The lowest BCUT2D eigenvalue weighted by Crippen LogP contribution is -2.33. The number of thiazole rings is 1. The number of benzene rings is 1. The molecule has 0 aliphatic rings. The number of aryl methyl sites for hydroxylation is 1. The summed E-state index contributed by atoms with van der Waals surface area (Å²) in [7, 11) is -3.73. The maximum Gasteiger partial charge on any atom is 0.251 e. The first-order valence-corrected chi connectivity index (χ1v) is 11.9. The number of aromatic nitrogens is 2. The van der Waals surface area contributed by atoms with Crippen LogP contribution in [0.4, 0.5) is 5.13 Å². The first kappa shape index (κ1) is 22.1. The molecule has 3 rings (SSSR count). The van der Waals surface area contributed by atoms with Gasteiger partial charge in [-0.1, -0.05) is 38.2 Å². The molecule has 0 fully saturated rings. The number of carbonyl (C=O) groups is 1. The van der Waals surface area contributed by atoms with Crippen LogP contribution in [0.5, 0.6) is 0 Å². The summed E-state index contributed by atoms with van der Waals surface area (Å²) in [5, 5.41) is 3.13. The van der Waals surface area contributed by atoms with Gasteiger partial charge in [-0.3, -0.25) is 9.59 Å². The van der Waals surface area contributed by atoms with E-state index in [1.807, 2.05) is 18.2 Å². The fraction of sp³-hybridized carbons (Fsp3) is 0.350. The van der Waals surface area contributed by atoms with E-state index >= 15 is 0 Å². The summed E-state index contributed by atoms with van der Waals surface area (Å²) in [4.78, 5) is 29.0. The first-order valence-electron chi connectivity index (χ1n) is 9.68. The maximum absolute atomic E-state index is 12.7. The predicted octanol–water partition coefficient (Wildman–Crippen LogP) is 2.69. The average molecular weight is 449 g/mol. The number of anilines is 1. The van der Waals surface area contributed by atoms with Gasteiger partial charge in [0.1, 0.15) is 6.54 Å². The minimum Gasteiger partial charge on any atom is -0.305 e. The van der Waals surface area contributed by atoms with Crippen LogP contribution in [-0.4, -0.2) is 41.3 Å². The SMILES string of the molecule is CCc1ccc2nc(NC(=O)Cn3cc(S(=O)(=O)N(CC)CC)ccc3=O)sc2c1. The van der Waals surface area contributed by atoms with Gasteiger partial charge in [-0.05, 0) is 30.2 Å². The van der Waals surface area contributed by atoms with Gasteiger partial charge < -0.3 is 9.88 Å². The molecule has 0 aliphatic carbocycles. The monoisotopic (exact) mass is 448 g/mol. The van der Waals surface area contributed by atoms with Crippen molar-refractivity contribution in [2.24, 2.45) is 0 Å². The Kier molecular flexibility index (Phi) is 6.69. The summed E-state index contributed by atoms with van der Waals surface area (Å²) in [5.74, 6) is -0.454. The number of rotatable bonds is 8. The average Bonchev–Trinajstić information content (AvgIpc) is 3.11. The molecule has 2 heterocycles. The van der Waals surface area contributed by atoms with Crippen molar-refractivity contribution in [1.29, 1.82) is 0 Å². The molecule has 0 bridgehead atoms. The van der Waals surface area contributed by atoms with Gasteiger partial charge in [0.05, 0.1) is 15.1 Å². The number of hydrogen-bond acceptors (Lipinski definition) is 6. The largest absolute Gasteiger partial charge is 0.305 e. The van der Waals surface area contributed by atoms with E-state index < -0.39 is 21.5 Å². The molecule has 1 amide bonds. The van der Waals surface area contributed by atoms with Crippen molar-refractivity contribution in [3.8, 4) is 0 Å². The highest BCUT2D eigenvalue weighted by Crippen LogP contribution is 2.27. The molecular weight excluding hydrogens is 424 g/mol. The number of amides is 1. The molecule has 0 spiro atoms. The molecule has 1 N–H and O–H groups in total. The van der Waals surface area contributed by atoms with Crippen LogP contribution in [0.3, 0.4) is 0 Å². The van der Waals surface area contributed by atoms with Crippen molar-refractivity contribution in [3.05, 3.63) is 52.4 Å². The second-order valence-corrected chi connectivity index (χ2v) is 9.61. The highest BCUT2D eigenvalue weighted by Gasteiger charge is 2.22. The topological polar surface area (TPSA) is 101 Å². The van der Waals surface area contributed by atoms with E-state index in [1.54, 1.807) is 13.8 Å². The van der Waals surface area contributed by atoms with Gasteiger partial charge in [0, 0.05) is 25.4 Å². The summed E-state index contributed by atoms with van der Waals surface area (Å²) >= 11 is 1.35. The van der Waals surface area contributed by atoms with Gasteiger partial charge >= 0.3 is 0 Å². The predicted molar refractivity (Wildman–Crippen MR) is 118 cm³/mol. The lowest BCUT2D eigenvalue weighted by Gasteiger charge is -2.18. The van der Waals surface area contributed by atoms with Gasteiger partial charge in [0.2, 0.25) is 15.9 Å². The Morgan fingerprint density at radius 1 is 1.17 bits per heavy atom. The zero-order chi connectivity index (χ0) is 21.9. The Morgan fingerprint density at radius 3 is 2.57 bits per heavy atom. The molecule has 160 valence electrons. The van der Waals surface area contributed by atoms with Gasteiger partial charge in [-0.25, -0.2) is 13.4 Å². The fourth-order valence-corrected chi connectivity index (χ4v) is 5.48. The van der Waals surface area contributed by atoms with Crippen molar-refractivity contribution in [3.63, 3.8) is 0 Å². The summed E-state index contributed by atoms with van der Waals surface area (Å²) in [6.45, 7) is 5.87. The molecule has 0 atom stereocenters. The third-order valence-corrected chi connectivity index (χ3v) is 7.69. The van der Waals surface area contributed by atoms with Crippen LogP contribution >= 0.6 is 11.3 Å². The molecule has 2 aromatic heterocycles. The highest BCUT2D eigenvalue weighted by molar-refractivity contribution is 7.89. The van der Waals surface area contributed by atoms with E-state index in [0.717, 1.165) is 27.3 Å². The van der Waals surface area contributed by atoms with E-state index in [2.05, 4.69) is 17.2 Å². The molecule has 10 heteroatoms. The third-order valence-electron chi connectivity index (χ3n) is 4.72. The fourth-order valence-electron chi connectivity index (χ4n) is 3.05. The molecule has 0 unspecified atom stereocenters. The summed E-state index contributed by atoms with van der Waals surface area (Å²) in [6, 6.07) is 8.37. The van der Waals surface area contributed by atoms with Crippen LogP contribution in [-0.2, 0) is 27.8 Å². The summed E-state index contributed by atoms with van der Waals surface area (Å²) in [5.41, 5.74) is 1.51. The van der Waals surface area contributed by atoms with Crippen LogP contribution < -0.4 is 10.9 Å². The number of nitrogens with one attached hydrogen (secondary N) is 1. The van der Waals surface area contributed by atoms with Crippen molar-refractivity contribution in [2.45, 2.75) is 38.6 Å². The number of sulfonamides is 1. The minimum atomic E-state index is -3.73. The van der Waals surface area contributed by atoms with E-state index in [9.17, 15) is 18.0 Å². The van der Waals surface area contributed by atoms with E-state index in [-0.39, 0.29) is 11.4 Å². The third kappa shape index (κ3) is 4.61. The smallest absolute Gasteiger partial charge is 0.251 e. The standard InChI is InChI=1S/C20H24N4O4S2/c1-4-14-7-9-16-17(11-14)29-20(21-16)22-18(25)13-23-12-15(8-10-19(23)26)30(27,28)24(5-2)6-3/h7-12H,4-6,13H2,1-3H3,(H,21,22,25). The molecule has 1 aromatic carbocycles. The Balaban J connectivity index is 1.80. The Morgan fingerprint density at radius 2 is 1.90 bits per heavy atom. The molecule has 0 aliphatic heterocycles. The van der Waals surface area contributed by atoms with E-state index in [0.29, 0.717) is 18.2 Å². The van der Waals surface area contributed by atoms with Crippen molar-refractivity contribution < 1.29 is 13.2 Å². The number of hydrogen-bond donors (Lipinski definition) is 1. The number of carbonyl (C=O) groups excluding carboxylic acids is 1. The Labute approximate surface area is 179 Å². The zero-order valence-corrected chi connectivity index (χ0v) is 18.7. The molecular formula is C20H24N4O4S2. The number of fused-ring (bicyclic) bond motifs is 1. The molecule has 0 saturated heterocycles. The number of pyridine rings is 1. The maximum atomic E-state index is 12.7. The zero-order valence-electron chi connectivity index (χ0n) is 17.1. The van der Waals surface area contributed by atoms with Gasteiger partial charge in [0.25, 0.3) is 5.56 Å². The van der Waals surface area contributed by atoms with Crippen molar-refractivity contribution in [2.75, 3.05) is 18.4 Å². The summed E-state index contributed by atoms with van der Waals surface area (Å²) in [6.07, 6.45) is 2.12. The number of nitrogens with zero attached hydrogens (tertiary/aromatic N) is 3. The van der Waals surface area contributed by atoms with Gasteiger partial charge in [-0.2, -0.15) is 4.31 Å². The quantitative estimate of drug-likeness (QED) is 0.571. The second kappa shape index (κ2) is 9.07. The van der Waals surface area contributed by atoms with E-state index in [1.165, 1.54) is 33.5 Å². The van der Waals surface area contributed by atoms with Crippen LogP contribution in [0.25, 0.3) is 10.2 Å². The normalized spacial score (nSPS) is 11.9. The van der Waals surface area contributed by atoms with Crippen LogP contribution in [0, 0.1) is 0 Å². The second-order valence-electron chi connectivity index (χ2n) is 6.64. The van der Waals surface area contributed by atoms with Crippen molar-refractivity contribution >= 4 is 42.6 Å². The summed E-state index contributed by atoms with van der Waals surface area (Å²) < 4.78 is 28.7. The highest BCUT2D eigenvalue weighted by atomic mass is 32.2. The lowest BCUT2D eigenvalue weighted by atomic mass is 10.2. The van der Waals surface area contributed by atoms with Gasteiger partial charge in [-0.15, -0.1) is 0 Å². The molecule has 3 aromatic rings. The Hall–Kier alpha value is -2.56. The first-order chi connectivity index (χ1) is 14.3. The van der Waals surface area contributed by atoms with E-state index in [4.69, 9.17) is 0 Å². The Bertz CT molecular complexity index is 1230. The molecule has 8 nitrogen and oxygen atoms in total. The lowest BCUT2D eigenvalue weighted by molar-refractivity contribution is -0.116. The van der Waals surface area contributed by atoms with Crippen LogP contribution in [0.15, 0.2) is 46.2 Å². The van der Waals surface area contributed by atoms with Crippen LogP contribution in [0.2, 0.25) is 0 Å². The van der Waals surface area contributed by atoms with Crippen LogP contribution in [0.1, 0.15) is 26.3 Å². The molecule has 0 radical (unpaired) electrons. The minimum absolute atomic E-state index is 0.0225. The molecule has 30 heavy (non-hydrogen) atoms.